The molecule has 1 rings (SSSR count). The fraction of sp³-hybridized carbons (Fsp3) is 1.00. The van der Waals surface area contributed by atoms with Crippen LogP contribution in [0.2, 0.25) is 0 Å². The van der Waals surface area contributed by atoms with Crippen molar-refractivity contribution in [3.63, 3.8) is 0 Å². The van der Waals surface area contributed by atoms with E-state index >= 15 is 0 Å². The van der Waals surface area contributed by atoms with Gasteiger partial charge in [0.1, 0.15) is 0 Å². The van der Waals surface area contributed by atoms with Crippen LogP contribution >= 0.6 is 23.5 Å². The zero-order chi connectivity index (χ0) is 8.81. The van der Waals surface area contributed by atoms with Gasteiger partial charge in [0.15, 0.2) is 0 Å². The Morgan fingerprint density at radius 1 is 0.917 bits per heavy atom. The summed E-state index contributed by atoms with van der Waals surface area (Å²) in [6, 6.07) is 0. The topological polar surface area (TPSA) is 52.0 Å². The summed E-state index contributed by atoms with van der Waals surface area (Å²) in [6.07, 6.45) is 2.74. The van der Waals surface area contributed by atoms with E-state index in [9.17, 15) is 0 Å². The van der Waals surface area contributed by atoms with Crippen molar-refractivity contribution in [2.45, 2.75) is 23.3 Å². The normalized spacial score (nSPS) is 28.5. The number of nitrogens with two attached hydrogens (primary N) is 2. The van der Waals surface area contributed by atoms with Gasteiger partial charge in [0.2, 0.25) is 0 Å². The molecule has 0 unspecified atom stereocenters. The molecular weight excluding hydrogens is 188 g/mol. The maximum absolute atomic E-state index is 5.43. The van der Waals surface area contributed by atoms with Gasteiger partial charge in [-0.3, -0.25) is 0 Å². The fourth-order valence-corrected chi connectivity index (χ4v) is 3.92. The summed E-state index contributed by atoms with van der Waals surface area (Å²) in [7, 11) is 0. The summed E-state index contributed by atoms with van der Waals surface area (Å²) in [4.78, 5) is 0. The van der Waals surface area contributed by atoms with Crippen LogP contribution < -0.4 is 11.5 Å². The van der Waals surface area contributed by atoms with Crippen molar-refractivity contribution >= 4 is 23.5 Å². The van der Waals surface area contributed by atoms with Gasteiger partial charge in [-0.2, -0.15) is 23.5 Å². The van der Waals surface area contributed by atoms with Crippen LogP contribution in [0.4, 0.5) is 0 Å². The van der Waals surface area contributed by atoms with Gasteiger partial charge in [-0.15, -0.1) is 0 Å². The maximum Gasteiger partial charge on any atom is 0.00685 e. The second-order valence-electron chi connectivity index (χ2n) is 3.03. The van der Waals surface area contributed by atoms with Crippen LogP contribution in [0.3, 0.4) is 0 Å². The van der Waals surface area contributed by atoms with Crippen molar-refractivity contribution in [2.24, 2.45) is 11.5 Å². The van der Waals surface area contributed by atoms with Gasteiger partial charge in [0, 0.05) is 35.1 Å². The minimum Gasteiger partial charge on any atom is -0.330 e. The standard InChI is InChI=1S/C8H18N2S2/c9-1-3-11-7-5-8(6-7)12-4-2-10/h7-8H,1-6,9-10H2. The molecule has 0 aliphatic heterocycles. The minimum atomic E-state index is 0.821. The third kappa shape index (κ3) is 3.56. The zero-order valence-corrected chi connectivity index (χ0v) is 9.00. The van der Waals surface area contributed by atoms with Crippen molar-refractivity contribution in [1.82, 2.24) is 0 Å². The monoisotopic (exact) mass is 206 g/mol. The predicted octanol–water partition coefficient (Wildman–Crippen LogP) is 0.901. The van der Waals surface area contributed by atoms with E-state index in [1.165, 1.54) is 12.8 Å². The molecule has 4 N–H and O–H groups in total. The average Bonchev–Trinajstić information content (AvgIpc) is 2.01. The molecule has 4 heteroatoms. The molecule has 1 fully saturated rings. The van der Waals surface area contributed by atoms with E-state index in [4.69, 9.17) is 11.5 Å². The van der Waals surface area contributed by atoms with Crippen molar-refractivity contribution in [3.05, 3.63) is 0 Å². The van der Waals surface area contributed by atoms with Crippen molar-refractivity contribution < 1.29 is 0 Å². The Bertz CT molecular complexity index is 104. The Hall–Kier alpha value is 0.620. The summed E-state index contributed by atoms with van der Waals surface area (Å²) in [5.74, 6) is 2.25. The molecule has 0 aromatic rings. The first-order valence-corrected chi connectivity index (χ1v) is 6.60. The highest BCUT2D eigenvalue weighted by Crippen LogP contribution is 2.38. The van der Waals surface area contributed by atoms with E-state index in [2.05, 4.69) is 0 Å². The number of thioether (sulfide) groups is 2. The van der Waals surface area contributed by atoms with E-state index < -0.39 is 0 Å². The molecule has 0 saturated heterocycles. The maximum atomic E-state index is 5.43. The summed E-state index contributed by atoms with van der Waals surface area (Å²) in [5, 5.41) is 1.78. The van der Waals surface area contributed by atoms with Crippen LogP contribution in [-0.4, -0.2) is 35.1 Å². The number of rotatable bonds is 6. The summed E-state index contributed by atoms with van der Waals surface area (Å²) in [5.41, 5.74) is 10.9. The number of hydrogen-bond donors (Lipinski definition) is 2. The molecule has 12 heavy (non-hydrogen) atoms. The van der Waals surface area contributed by atoms with E-state index in [-0.39, 0.29) is 0 Å². The average molecular weight is 206 g/mol. The van der Waals surface area contributed by atoms with Crippen LogP contribution in [0, 0.1) is 0 Å². The summed E-state index contributed by atoms with van der Waals surface area (Å²) >= 11 is 4.06. The summed E-state index contributed by atoms with van der Waals surface area (Å²) in [6.45, 7) is 1.64. The molecule has 0 atom stereocenters. The molecule has 0 bridgehead atoms. The Morgan fingerprint density at radius 2 is 1.33 bits per heavy atom. The molecule has 0 heterocycles. The van der Waals surface area contributed by atoms with Crippen LogP contribution in [0.1, 0.15) is 12.8 Å². The highest BCUT2D eigenvalue weighted by molar-refractivity contribution is 8.01. The van der Waals surface area contributed by atoms with Crippen LogP contribution in [0.25, 0.3) is 0 Å². The first kappa shape index (κ1) is 10.7. The lowest BCUT2D eigenvalue weighted by atomic mass is 9.99. The Balaban J connectivity index is 1.89. The summed E-state index contributed by atoms with van der Waals surface area (Å²) < 4.78 is 0. The molecule has 0 spiro atoms. The smallest absolute Gasteiger partial charge is 0.00685 e. The molecule has 0 aromatic heterocycles. The SMILES string of the molecule is NCCSC1CC(SCCN)C1. The highest BCUT2D eigenvalue weighted by atomic mass is 32.2. The van der Waals surface area contributed by atoms with Gasteiger partial charge in [0.05, 0.1) is 0 Å². The third-order valence-electron chi connectivity index (χ3n) is 1.99. The van der Waals surface area contributed by atoms with Crippen LogP contribution in [-0.2, 0) is 0 Å². The third-order valence-corrected chi connectivity index (χ3v) is 4.65. The fourth-order valence-electron chi connectivity index (χ4n) is 1.26. The molecule has 0 aromatic carbocycles. The molecule has 0 radical (unpaired) electrons. The Labute approximate surface area is 83.2 Å². The molecular formula is C8H18N2S2. The van der Waals surface area contributed by atoms with E-state index in [0.29, 0.717) is 0 Å². The van der Waals surface area contributed by atoms with Crippen molar-refractivity contribution in [3.8, 4) is 0 Å². The second-order valence-corrected chi connectivity index (χ2v) is 5.85. The lowest BCUT2D eigenvalue weighted by molar-refractivity contribution is 0.540. The first-order valence-electron chi connectivity index (χ1n) is 4.50. The molecule has 0 amide bonds. The van der Waals surface area contributed by atoms with Gasteiger partial charge in [-0.25, -0.2) is 0 Å². The Kier molecular flexibility index (Phi) is 5.47. The van der Waals surface area contributed by atoms with Gasteiger partial charge in [-0.1, -0.05) is 0 Å². The minimum absolute atomic E-state index is 0.821. The van der Waals surface area contributed by atoms with E-state index in [1.54, 1.807) is 0 Å². The van der Waals surface area contributed by atoms with Crippen molar-refractivity contribution in [2.75, 3.05) is 24.6 Å². The second kappa shape index (κ2) is 6.13. The largest absolute Gasteiger partial charge is 0.330 e. The molecule has 1 aliphatic carbocycles. The molecule has 1 aliphatic rings. The number of hydrogen-bond acceptors (Lipinski definition) is 4. The van der Waals surface area contributed by atoms with E-state index in [0.717, 1.165) is 35.1 Å². The van der Waals surface area contributed by atoms with E-state index in [1.807, 2.05) is 23.5 Å². The molecule has 1 saturated carbocycles. The van der Waals surface area contributed by atoms with Gasteiger partial charge in [0.25, 0.3) is 0 Å². The zero-order valence-electron chi connectivity index (χ0n) is 7.37. The van der Waals surface area contributed by atoms with Crippen LogP contribution in [0.5, 0.6) is 0 Å². The van der Waals surface area contributed by atoms with Gasteiger partial charge >= 0.3 is 0 Å². The van der Waals surface area contributed by atoms with Crippen LogP contribution in [0.15, 0.2) is 0 Å². The first-order chi connectivity index (χ1) is 5.86. The lowest BCUT2D eigenvalue weighted by Gasteiger charge is -2.34. The molecule has 2 nitrogen and oxygen atoms in total. The van der Waals surface area contributed by atoms with Crippen molar-refractivity contribution in [1.29, 1.82) is 0 Å². The van der Waals surface area contributed by atoms with Gasteiger partial charge < -0.3 is 11.5 Å². The lowest BCUT2D eigenvalue weighted by Crippen LogP contribution is -2.30. The predicted molar refractivity (Wildman–Crippen MR) is 59.8 cm³/mol. The highest BCUT2D eigenvalue weighted by Gasteiger charge is 2.28. The molecule has 72 valence electrons. The van der Waals surface area contributed by atoms with Gasteiger partial charge in [-0.05, 0) is 12.8 Å². The quantitative estimate of drug-likeness (QED) is 0.678. The Morgan fingerprint density at radius 3 is 1.67 bits per heavy atom.